The lowest BCUT2D eigenvalue weighted by Gasteiger charge is -2.36. The molecule has 94 valence electrons. The highest BCUT2D eigenvalue weighted by Crippen LogP contribution is 2.28. The first-order valence-corrected chi connectivity index (χ1v) is 6.54. The van der Waals surface area contributed by atoms with E-state index in [1.807, 2.05) is 11.6 Å². The maximum atomic E-state index is 5.83. The van der Waals surface area contributed by atoms with Crippen LogP contribution in [0.15, 0.2) is 6.33 Å². The van der Waals surface area contributed by atoms with Gasteiger partial charge in [0.05, 0.1) is 6.61 Å². The van der Waals surface area contributed by atoms with Gasteiger partial charge in [-0.25, -0.2) is 0 Å². The van der Waals surface area contributed by atoms with E-state index in [1.54, 1.807) is 6.33 Å². The SMILES string of the molecule is Cn1cnnc1[C@H]1CN(C2CCCC2)CCO1. The molecule has 5 heteroatoms. The standard InChI is InChI=1S/C12H20N4O/c1-15-9-13-14-12(15)11-8-16(6-7-17-11)10-4-2-3-5-10/h9-11H,2-8H2,1H3/t11-/m1/s1. The second-order valence-corrected chi connectivity index (χ2v) is 5.09. The maximum Gasteiger partial charge on any atom is 0.163 e. The van der Waals surface area contributed by atoms with Crippen LogP contribution in [0.2, 0.25) is 0 Å². The zero-order valence-corrected chi connectivity index (χ0v) is 10.4. The van der Waals surface area contributed by atoms with Crippen molar-refractivity contribution < 1.29 is 4.74 Å². The van der Waals surface area contributed by atoms with Gasteiger partial charge in [-0.15, -0.1) is 10.2 Å². The number of aryl methyl sites for hydroxylation is 1. The van der Waals surface area contributed by atoms with Crippen LogP contribution in [0.3, 0.4) is 0 Å². The third-order valence-corrected chi connectivity index (χ3v) is 3.97. The van der Waals surface area contributed by atoms with Gasteiger partial charge >= 0.3 is 0 Å². The minimum atomic E-state index is 0.0943. The van der Waals surface area contributed by atoms with Crippen LogP contribution in [0.1, 0.15) is 37.6 Å². The fourth-order valence-electron chi connectivity index (χ4n) is 3.01. The summed E-state index contributed by atoms with van der Waals surface area (Å²) in [6.45, 7) is 2.85. The summed E-state index contributed by atoms with van der Waals surface area (Å²) in [6.07, 6.45) is 7.31. The van der Waals surface area contributed by atoms with Gasteiger partial charge in [0.25, 0.3) is 0 Å². The quantitative estimate of drug-likeness (QED) is 0.772. The summed E-state index contributed by atoms with van der Waals surface area (Å²) in [4.78, 5) is 2.58. The van der Waals surface area contributed by atoms with Crippen LogP contribution in [-0.4, -0.2) is 45.4 Å². The Bertz CT molecular complexity index is 372. The second-order valence-electron chi connectivity index (χ2n) is 5.09. The summed E-state index contributed by atoms with van der Waals surface area (Å²) >= 11 is 0. The average molecular weight is 236 g/mol. The molecule has 2 heterocycles. The lowest BCUT2D eigenvalue weighted by Crippen LogP contribution is -2.44. The molecular weight excluding hydrogens is 216 g/mol. The van der Waals surface area contributed by atoms with Crippen LogP contribution in [0.25, 0.3) is 0 Å². The second kappa shape index (κ2) is 4.74. The van der Waals surface area contributed by atoms with Gasteiger partial charge in [-0.3, -0.25) is 4.90 Å². The number of morpholine rings is 1. The molecule has 1 aliphatic carbocycles. The van der Waals surface area contributed by atoms with E-state index >= 15 is 0 Å². The van der Waals surface area contributed by atoms with Crippen molar-refractivity contribution in [1.29, 1.82) is 0 Å². The first-order chi connectivity index (χ1) is 8.34. The summed E-state index contributed by atoms with van der Waals surface area (Å²) in [5.41, 5.74) is 0. The molecule has 0 spiro atoms. The number of rotatable bonds is 2. The molecule has 2 fully saturated rings. The molecule has 1 saturated carbocycles. The number of ether oxygens (including phenoxy) is 1. The van der Waals surface area contributed by atoms with E-state index in [1.165, 1.54) is 25.7 Å². The summed E-state index contributed by atoms with van der Waals surface area (Å²) in [5, 5.41) is 8.10. The molecule has 2 aliphatic rings. The van der Waals surface area contributed by atoms with Crippen LogP contribution in [0.5, 0.6) is 0 Å². The average Bonchev–Trinajstić information content (AvgIpc) is 2.99. The number of hydrogen-bond donors (Lipinski definition) is 0. The molecule has 1 aromatic rings. The number of hydrogen-bond acceptors (Lipinski definition) is 4. The Balaban J connectivity index is 1.69. The van der Waals surface area contributed by atoms with E-state index in [4.69, 9.17) is 4.74 Å². The van der Waals surface area contributed by atoms with Gasteiger partial charge < -0.3 is 9.30 Å². The van der Waals surface area contributed by atoms with Gasteiger partial charge in [0, 0.05) is 26.2 Å². The molecule has 0 N–H and O–H groups in total. The molecular formula is C12H20N4O. The Kier molecular flexibility index (Phi) is 3.11. The third-order valence-electron chi connectivity index (χ3n) is 3.97. The van der Waals surface area contributed by atoms with Crippen molar-refractivity contribution in [3.8, 4) is 0 Å². The fraction of sp³-hybridized carbons (Fsp3) is 0.833. The fourth-order valence-corrected chi connectivity index (χ4v) is 3.01. The van der Waals surface area contributed by atoms with Crippen molar-refractivity contribution >= 4 is 0 Å². The molecule has 0 aromatic carbocycles. The van der Waals surface area contributed by atoms with Crippen molar-refractivity contribution in [3.05, 3.63) is 12.2 Å². The Morgan fingerprint density at radius 2 is 2.18 bits per heavy atom. The number of nitrogens with zero attached hydrogens (tertiary/aromatic N) is 4. The van der Waals surface area contributed by atoms with Gasteiger partial charge in [0.2, 0.25) is 0 Å². The minimum Gasteiger partial charge on any atom is -0.368 e. The molecule has 1 aromatic heterocycles. The predicted octanol–water partition coefficient (Wildman–Crippen LogP) is 1.13. The van der Waals surface area contributed by atoms with Crippen molar-refractivity contribution in [2.75, 3.05) is 19.7 Å². The van der Waals surface area contributed by atoms with Gasteiger partial charge in [0.1, 0.15) is 12.4 Å². The summed E-state index contributed by atoms with van der Waals surface area (Å²) in [5.74, 6) is 0.952. The van der Waals surface area contributed by atoms with Gasteiger partial charge in [-0.2, -0.15) is 0 Å². The Morgan fingerprint density at radius 3 is 2.88 bits per heavy atom. The van der Waals surface area contributed by atoms with E-state index in [-0.39, 0.29) is 6.10 Å². The monoisotopic (exact) mass is 236 g/mol. The summed E-state index contributed by atoms with van der Waals surface area (Å²) in [6, 6.07) is 0.773. The maximum absolute atomic E-state index is 5.83. The lowest BCUT2D eigenvalue weighted by atomic mass is 10.1. The molecule has 17 heavy (non-hydrogen) atoms. The van der Waals surface area contributed by atoms with Crippen LogP contribution in [0.4, 0.5) is 0 Å². The zero-order chi connectivity index (χ0) is 11.7. The van der Waals surface area contributed by atoms with Gasteiger partial charge in [-0.1, -0.05) is 12.8 Å². The Morgan fingerprint density at radius 1 is 1.35 bits per heavy atom. The predicted molar refractivity (Wildman–Crippen MR) is 63.5 cm³/mol. The van der Waals surface area contributed by atoms with E-state index < -0.39 is 0 Å². The van der Waals surface area contributed by atoms with Crippen LogP contribution >= 0.6 is 0 Å². The van der Waals surface area contributed by atoms with E-state index in [9.17, 15) is 0 Å². The van der Waals surface area contributed by atoms with Crippen molar-refractivity contribution in [1.82, 2.24) is 19.7 Å². The van der Waals surface area contributed by atoms with E-state index in [2.05, 4.69) is 15.1 Å². The minimum absolute atomic E-state index is 0.0943. The lowest BCUT2D eigenvalue weighted by molar-refractivity contribution is -0.0492. The zero-order valence-electron chi connectivity index (χ0n) is 10.4. The molecule has 1 atom stereocenters. The molecule has 0 bridgehead atoms. The molecule has 1 aliphatic heterocycles. The number of aromatic nitrogens is 3. The highest BCUT2D eigenvalue weighted by atomic mass is 16.5. The topological polar surface area (TPSA) is 43.2 Å². The van der Waals surface area contributed by atoms with Crippen molar-refractivity contribution in [3.63, 3.8) is 0 Å². The van der Waals surface area contributed by atoms with Crippen molar-refractivity contribution in [2.24, 2.45) is 7.05 Å². The van der Waals surface area contributed by atoms with Crippen LogP contribution in [-0.2, 0) is 11.8 Å². The Labute approximate surface area is 102 Å². The molecule has 1 saturated heterocycles. The normalized spacial score (nSPS) is 27.7. The highest BCUT2D eigenvalue weighted by Gasteiger charge is 2.30. The molecule has 0 radical (unpaired) electrons. The first-order valence-electron chi connectivity index (χ1n) is 6.54. The van der Waals surface area contributed by atoms with E-state index in [0.29, 0.717) is 0 Å². The molecule has 3 rings (SSSR count). The van der Waals surface area contributed by atoms with Gasteiger partial charge in [-0.05, 0) is 12.8 Å². The van der Waals surface area contributed by atoms with Crippen molar-refractivity contribution in [2.45, 2.75) is 37.8 Å². The van der Waals surface area contributed by atoms with Crippen LogP contribution in [0, 0.1) is 0 Å². The first kappa shape index (κ1) is 11.2. The molecule has 0 amide bonds. The highest BCUT2D eigenvalue weighted by molar-refractivity contribution is 4.95. The largest absolute Gasteiger partial charge is 0.368 e. The molecule has 0 unspecified atom stereocenters. The third kappa shape index (κ3) is 2.21. The van der Waals surface area contributed by atoms with Crippen LogP contribution < -0.4 is 0 Å². The summed E-state index contributed by atoms with van der Waals surface area (Å²) in [7, 11) is 1.98. The van der Waals surface area contributed by atoms with E-state index in [0.717, 1.165) is 31.6 Å². The summed E-state index contributed by atoms with van der Waals surface area (Å²) < 4.78 is 7.79. The smallest absolute Gasteiger partial charge is 0.163 e. The molecule has 5 nitrogen and oxygen atoms in total. The van der Waals surface area contributed by atoms with Gasteiger partial charge in [0.15, 0.2) is 5.82 Å². The Hall–Kier alpha value is -0.940.